The Morgan fingerprint density at radius 1 is 0.303 bits per heavy atom. The monoisotopic (exact) mass is 1010 g/mol. The quantitative estimate of drug-likeness (QED) is 0.0459. The van der Waals surface area contributed by atoms with Gasteiger partial charge in [0.2, 0.25) is 0 Å². The normalized spacial score (nSPS) is 19.1. The molecule has 0 bridgehead atoms. The first kappa shape index (κ1) is 56.1. The van der Waals surface area contributed by atoms with Gasteiger partial charge < -0.3 is 0 Å². The van der Waals surface area contributed by atoms with E-state index in [2.05, 4.69) is 191 Å². The molecule has 3 aliphatic rings. The van der Waals surface area contributed by atoms with Gasteiger partial charge in [0.15, 0.2) is 0 Å². The molecule has 0 aliphatic heterocycles. The summed E-state index contributed by atoms with van der Waals surface area (Å²) >= 11 is 0. The molecular formula is C76H100. The van der Waals surface area contributed by atoms with E-state index >= 15 is 0 Å². The summed E-state index contributed by atoms with van der Waals surface area (Å²) in [7, 11) is 0. The maximum Gasteiger partial charge on any atom is 0.0220 e. The molecule has 0 N–H and O–H groups in total. The van der Waals surface area contributed by atoms with E-state index in [0.717, 1.165) is 24.7 Å². The minimum Gasteiger partial charge on any atom is -0.0654 e. The van der Waals surface area contributed by atoms with Crippen molar-refractivity contribution >= 4 is 0 Å². The second-order valence-corrected chi connectivity index (χ2v) is 25.1. The number of unbranched alkanes of at least 4 members (excludes halogenated alkanes) is 4. The fourth-order valence-electron chi connectivity index (χ4n) is 16.1. The molecule has 0 aromatic heterocycles. The lowest BCUT2D eigenvalue weighted by Crippen LogP contribution is -2.31. The first-order valence-electron chi connectivity index (χ1n) is 31.9. The van der Waals surface area contributed by atoms with Crippen LogP contribution in [0.2, 0.25) is 0 Å². The number of fused-ring (bicyclic) bond motifs is 9. The van der Waals surface area contributed by atoms with Crippen LogP contribution >= 0.6 is 0 Å². The summed E-state index contributed by atoms with van der Waals surface area (Å²) in [5.41, 5.74) is 25.3. The summed E-state index contributed by atoms with van der Waals surface area (Å²) in [6, 6.07) is 47.7. The van der Waals surface area contributed by atoms with Gasteiger partial charge in [-0.05, 0) is 182 Å². The van der Waals surface area contributed by atoms with Gasteiger partial charge in [0.05, 0.1) is 0 Å². The molecule has 404 valence electrons. The third-order valence-corrected chi connectivity index (χ3v) is 20.7. The van der Waals surface area contributed by atoms with Gasteiger partial charge in [-0.3, -0.25) is 0 Å². The average molecular weight is 1010 g/mol. The van der Waals surface area contributed by atoms with Gasteiger partial charge in [0.25, 0.3) is 0 Å². The Balaban J connectivity index is 1.13. The smallest absolute Gasteiger partial charge is 0.0220 e. The molecule has 6 aromatic rings. The Morgan fingerprint density at radius 2 is 0.592 bits per heavy atom. The van der Waals surface area contributed by atoms with Crippen molar-refractivity contribution in [2.75, 3.05) is 0 Å². The lowest BCUT2D eigenvalue weighted by atomic mass is 9.65. The topological polar surface area (TPSA) is 0 Å². The molecule has 76 heavy (non-hydrogen) atoms. The predicted octanol–water partition coefficient (Wildman–Crippen LogP) is 23.4. The van der Waals surface area contributed by atoms with Crippen LogP contribution in [0.25, 0.3) is 55.6 Å². The van der Waals surface area contributed by atoms with Crippen LogP contribution in [-0.4, -0.2) is 0 Å². The minimum atomic E-state index is -0.0514. The molecule has 0 amide bonds. The van der Waals surface area contributed by atoms with E-state index in [1.165, 1.54) is 201 Å². The van der Waals surface area contributed by atoms with E-state index in [1.807, 2.05) is 0 Å². The Hall–Kier alpha value is -4.68. The lowest BCUT2D eigenvalue weighted by Gasteiger charge is -2.39. The van der Waals surface area contributed by atoms with Gasteiger partial charge in [-0.2, -0.15) is 0 Å². The summed E-state index contributed by atoms with van der Waals surface area (Å²) in [6.45, 7) is 26.6. The van der Waals surface area contributed by atoms with Crippen LogP contribution in [-0.2, 0) is 16.2 Å². The summed E-state index contributed by atoms with van der Waals surface area (Å²) in [5.74, 6) is 2.87. The van der Waals surface area contributed by atoms with Gasteiger partial charge >= 0.3 is 0 Å². The Labute approximate surface area is 464 Å². The minimum absolute atomic E-state index is 0.0228. The molecule has 3 aliphatic carbocycles. The molecule has 0 heterocycles. The van der Waals surface area contributed by atoms with E-state index in [4.69, 9.17) is 0 Å². The molecule has 0 spiro atoms. The molecule has 0 radical (unpaired) electrons. The van der Waals surface area contributed by atoms with Gasteiger partial charge in [-0.25, -0.2) is 0 Å². The van der Waals surface area contributed by atoms with Crippen LogP contribution in [0.3, 0.4) is 0 Å². The van der Waals surface area contributed by atoms with Crippen LogP contribution < -0.4 is 0 Å². The van der Waals surface area contributed by atoms with E-state index in [0.29, 0.717) is 11.8 Å². The van der Waals surface area contributed by atoms with Crippen molar-refractivity contribution in [2.45, 2.75) is 234 Å². The maximum atomic E-state index is 2.70. The van der Waals surface area contributed by atoms with Crippen molar-refractivity contribution in [3.8, 4) is 55.6 Å². The highest BCUT2D eigenvalue weighted by molar-refractivity contribution is 5.89. The first-order valence-corrected chi connectivity index (χ1v) is 31.9. The summed E-state index contributed by atoms with van der Waals surface area (Å²) < 4.78 is 0. The molecule has 0 saturated heterocycles. The zero-order chi connectivity index (χ0) is 53.6. The Morgan fingerprint density at radius 3 is 0.921 bits per heavy atom. The lowest BCUT2D eigenvalue weighted by molar-refractivity contribution is 0.266. The fourth-order valence-corrected chi connectivity index (χ4v) is 16.1. The fraction of sp³-hybridized carbons (Fsp3) is 0.526. The molecule has 0 nitrogen and oxygen atoms in total. The van der Waals surface area contributed by atoms with Crippen molar-refractivity contribution in [3.63, 3.8) is 0 Å². The molecule has 4 unspecified atom stereocenters. The van der Waals surface area contributed by atoms with Crippen molar-refractivity contribution in [1.29, 1.82) is 0 Å². The predicted molar refractivity (Wildman–Crippen MR) is 333 cm³/mol. The SMILES string of the molecule is CCCCC(CC)CC1(CC(CC)CCCC)c2ccccc2-c2ccc(-c3ccc4c(c3)C(CC)(CC)c3cc(-c5ccc6c(c5)C(CC(CC)CCCC)(CC(CC)CCCC)c5cc(C)ccc5-6)ccc3-4)cc21. The average Bonchev–Trinajstić information content (AvgIpc) is 4.15. The van der Waals surface area contributed by atoms with Crippen LogP contribution in [0.5, 0.6) is 0 Å². The number of hydrogen-bond acceptors (Lipinski definition) is 0. The third kappa shape index (κ3) is 10.3. The van der Waals surface area contributed by atoms with Crippen molar-refractivity contribution in [2.24, 2.45) is 23.7 Å². The highest BCUT2D eigenvalue weighted by atomic mass is 14.5. The van der Waals surface area contributed by atoms with Crippen molar-refractivity contribution in [1.82, 2.24) is 0 Å². The molecule has 9 rings (SSSR count). The number of aryl methyl sites for hydroxylation is 1. The Kier molecular flexibility index (Phi) is 18.1. The largest absolute Gasteiger partial charge is 0.0654 e. The highest BCUT2D eigenvalue weighted by Crippen LogP contribution is 2.60. The highest BCUT2D eigenvalue weighted by Gasteiger charge is 2.48. The van der Waals surface area contributed by atoms with Crippen LogP contribution in [0.4, 0.5) is 0 Å². The van der Waals surface area contributed by atoms with Gasteiger partial charge in [0.1, 0.15) is 0 Å². The second kappa shape index (κ2) is 24.6. The zero-order valence-electron chi connectivity index (χ0n) is 49.8. The summed E-state index contributed by atoms with van der Waals surface area (Å²) in [6.07, 6.45) is 27.9. The summed E-state index contributed by atoms with van der Waals surface area (Å²) in [4.78, 5) is 0. The number of hydrogen-bond donors (Lipinski definition) is 0. The van der Waals surface area contributed by atoms with E-state index in [1.54, 1.807) is 22.3 Å². The van der Waals surface area contributed by atoms with Crippen LogP contribution in [0.1, 0.15) is 249 Å². The van der Waals surface area contributed by atoms with Gasteiger partial charge in [-0.1, -0.05) is 269 Å². The molecule has 0 fully saturated rings. The first-order chi connectivity index (χ1) is 37.0. The molecular weight excluding hydrogens is 913 g/mol. The van der Waals surface area contributed by atoms with Gasteiger partial charge in [0, 0.05) is 16.2 Å². The Bertz CT molecular complexity index is 2860. The second-order valence-electron chi connectivity index (χ2n) is 25.1. The molecule has 0 saturated carbocycles. The van der Waals surface area contributed by atoms with Crippen LogP contribution in [0, 0.1) is 30.6 Å². The maximum absolute atomic E-state index is 2.70. The van der Waals surface area contributed by atoms with Crippen molar-refractivity contribution in [3.05, 3.63) is 154 Å². The van der Waals surface area contributed by atoms with Crippen molar-refractivity contribution < 1.29 is 0 Å². The van der Waals surface area contributed by atoms with E-state index in [9.17, 15) is 0 Å². The number of benzene rings is 6. The number of rotatable bonds is 28. The van der Waals surface area contributed by atoms with Gasteiger partial charge in [-0.15, -0.1) is 0 Å². The zero-order valence-corrected chi connectivity index (χ0v) is 49.8. The molecule has 4 atom stereocenters. The van der Waals surface area contributed by atoms with E-state index in [-0.39, 0.29) is 16.2 Å². The van der Waals surface area contributed by atoms with E-state index < -0.39 is 0 Å². The standard InChI is InChI=1S/C76H100/c1-12-22-28-54(16-5)49-75(50-55(17-6)29-23-13-2)68-33-27-26-32-62(68)64-40-35-60(47-72(64)75)58-36-41-65-66-42-37-59(46-71(66)74(20-9,21-10)70(65)45-58)61-38-43-67-63-39-34-53(11)44-69(63)76(73(67)48-61,51-56(18-7)30-24-14-3)52-57(19-8)31-25-15-4/h26-27,32-48,54-57H,12-25,28-31,49-52H2,1-11H3. The molecule has 0 heteroatoms. The third-order valence-electron chi connectivity index (χ3n) is 20.7. The van der Waals surface area contributed by atoms with Crippen LogP contribution in [0.15, 0.2) is 115 Å². The molecule has 6 aromatic carbocycles. The summed E-state index contributed by atoms with van der Waals surface area (Å²) in [5, 5.41) is 0.